The van der Waals surface area contributed by atoms with Gasteiger partial charge in [0, 0.05) is 17.3 Å². The van der Waals surface area contributed by atoms with Crippen LogP contribution in [0.15, 0.2) is 36.7 Å². The number of hydrogen-bond acceptors (Lipinski definition) is 4. The molecule has 0 radical (unpaired) electrons. The zero-order chi connectivity index (χ0) is 9.97. The summed E-state index contributed by atoms with van der Waals surface area (Å²) in [6.45, 7) is 0. The number of nitrogens with one attached hydrogen (secondary N) is 1. The van der Waals surface area contributed by atoms with Crippen LogP contribution in [0.1, 0.15) is 0 Å². The van der Waals surface area contributed by atoms with Gasteiger partial charge in [-0.1, -0.05) is 18.2 Å². The fraction of sp³-hybridized carbons (Fsp3) is 0. The Labute approximate surface area is 80.1 Å². The van der Waals surface area contributed by atoms with Crippen LogP contribution in [0, 0.1) is 5.21 Å². The maximum absolute atomic E-state index is 10.8. The van der Waals surface area contributed by atoms with Crippen LogP contribution in [-0.2, 0) is 0 Å². The number of aromatic amines is 1. The molecule has 2 aromatic rings. The Morgan fingerprint density at radius 3 is 2.79 bits per heavy atom. The van der Waals surface area contributed by atoms with Crippen LogP contribution in [0.5, 0.6) is 0 Å². The molecule has 72 valence electrons. The minimum absolute atomic E-state index is 0.150. The van der Waals surface area contributed by atoms with Gasteiger partial charge in [-0.15, -0.1) is 0 Å². The summed E-state index contributed by atoms with van der Waals surface area (Å²) < 4.78 is 0. The molecule has 5 nitrogen and oxygen atoms in total. The second kappa shape index (κ2) is 3.49. The number of para-hydroxylation sites is 1. The maximum Gasteiger partial charge on any atom is 0.0588 e. The van der Waals surface area contributed by atoms with Gasteiger partial charge in [-0.2, -0.15) is 5.10 Å². The molecule has 14 heavy (non-hydrogen) atoms. The Bertz CT molecular complexity index is 412. The highest BCUT2D eigenvalue weighted by Gasteiger charge is 2.04. The molecular weight excluding hydrogens is 182 g/mol. The van der Waals surface area contributed by atoms with Crippen LogP contribution in [-0.4, -0.2) is 15.4 Å². The molecule has 0 unspecified atom stereocenters. The average molecular weight is 190 g/mol. The first-order valence-corrected chi connectivity index (χ1v) is 4.03. The highest BCUT2D eigenvalue weighted by molar-refractivity contribution is 5.77. The topological polar surface area (TPSA) is 75.2 Å². The summed E-state index contributed by atoms with van der Waals surface area (Å²) >= 11 is 0. The van der Waals surface area contributed by atoms with Crippen LogP contribution < -0.4 is 5.23 Å². The van der Waals surface area contributed by atoms with E-state index in [4.69, 9.17) is 5.21 Å². The van der Waals surface area contributed by atoms with Gasteiger partial charge in [-0.3, -0.25) is 10.3 Å². The van der Waals surface area contributed by atoms with Gasteiger partial charge >= 0.3 is 0 Å². The van der Waals surface area contributed by atoms with Gasteiger partial charge in [-0.05, 0) is 6.07 Å². The fourth-order valence-electron chi connectivity index (χ4n) is 1.28. The van der Waals surface area contributed by atoms with Crippen LogP contribution in [0.3, 0.4) is 0 Å². The first-order valence-electron chi connectivity index (χ1n) is 4.03. The van der Waals surface area contributed by atoms with E-state index < -0.39 is 0 Å². The molecule has 0 amide bonds. The lowest BCUT2D eigenvalue weighted by Crippen LogP contribution is -2.07. The molecule has 5 heteroatoms. The zero-order valence-electron chi connectivity index (χ0n) is 7.21. The zero-order valence-corrected chi connectivity index (χ0v) is 7.21. The van der Waals surface area contributed by atoms with Crippen LogP contribution in [0.25, 0.3) is 11.1 Å². The van der Waals surface area contributed by atoms with Crippen LogP contribution in [0.2, 0.25) is 0 Å². The third kappa shape index (κ3) is 1.46. The van der Waals surface area contributed by atoms with Crippen molar-refractivity contribution in [2.75, 3.05) is 5.23 Å². The molecule has 2 N–H and O–H groups in total. The molecule has 1 heterocycles. The monoisotopic (exact) mass is 190 g/mol. The van der Waals surface area contributed by atoms with Gasteiger partial charge in [-0.25, -0.2) is 0 Å². The maximum atomic E-state index is 10.8. The van der Waals surface area contributed by atoms with Gasteiger partial charge in [0.1, 0.15) is 0 Å². The van der Waals surface area contributed by atoms with Crippen molar-refractivity contribution in [3.05, 3.63) is 41.9 Å². The normalized spacial score (nSPS) is 10.1. The SMILES string of the molecule is [O-]N(O)c1ccccc1-c1cn[nH]c1. The third-order valence-corrected chi connectivity index (χ3v) is 1.92. The molecular formula is C9H8N3O2-. The number of H-pyrrole nitrogens is 1. The Kier molecular flexibility index (Phi) is 2.18. The molecule has 2 rings (SSSR count). The molecule has 0 spiro atoms. The molecule has 0 fully saturated rings. The van der Waals surface area contributed by atoms with Crippen molar-refractivity contribution >= 4 is 5.69 Å². The molecule has 1 aromatic carbocycles. The number of anilines is 1. The van der Waals surface area contributed by atoms with Crippen LogP contribution >= 0.6 is 0 Å². The quantitative estimate of drug-likeness (QED) is 0.707. The summed E-state index contributed by atoms with van der Waals surface area (Å²) in [5, 5.41) is 25.9. The lowest BCUT2D eigenvalue weighted by Gasteiger charge is -2.23. The first kappa shape index (κ1) is 8.74. The summed E-state index contributed by atoms with van der Waals surface area (Å²) in [6, 6.07) is 6.74. The minimum atomic E-state index is -0.150. The Hall–Kier alpha value is -1.85. The van der Waals surface area contributed by atoms with E-state index in [0.29, 0.717) is 5.56 Å². The molecule has 0 bridgehead atoms. The standard InChI is InChI=1S/C9H8N3O2/c13-12(14)9-4-2-1-3-8(9)7-5-10-11-6-7/h1-6,13H,(H,10,11)/q-1. The van der Waals surface area contributed by atoms with E-state index in [9.17, 15) is 5.21 Å². The van der Waals surface area contributed by atoms with Gasteiger partial charge in [0.25, 0.3) is 0 Å². The summed E-state index contributed by atoms with van der Waals surface area (Å²) in [5.41, 5.74) is 1.60. The summed E-state index contributed by atoms with van der Waals surface area (Å²) in [4.78, 5) is 0. The van der Waals surface area contributed by atoms with Crippen LogP contribution in [0.4, 0.5) is 5.69 Å². The molecule has 0 aliphatic carbocycles. The number of rotatable bonds is 2. The lowest BCUT2D eigenvalue weighted by molar-refractivity contribution is 0.297. The molecule has 0 aliphatic rings. The number of nitrogens with zero attached hydrogens (tertiary/aromatic N) is 2. The van der Waals surface area contributed by atoms with E-state index >= 15 is 0 Å². The van der Waals surface area contributed by atoms with Crippen molar-refractivity contribution < 1.29 is 5.21 Å². The summed E-state index contributed by atoms with van der Waals surface area (Å²) in [6.07, 6.45) is 3.24. The van der Waals surface area contributed by atoms with Crippen molar-refractivity contribution in [3.8, 4) is 11.1 Å². The molecule has 0 atom stereocenters. The van der Waals surface area contributed by atoms with E-state index in [1.807, 2.05) is 0 Å². The van der Waals surface area contributed by atoms with Crippen molar-refractivity contribution in [3.63, 3.8) is 0 Å². The number of benzene rings is 1. The van der Waals surface area contributed by atoms with Crippen molar-refractivity contribution in [2.45, 2.75) is 0 Å². The summed E-state index contributed by atoms with van der Waals surface area (Å²) in [7, 11) is 0. The molecule has 1 aromatic heterocycles. The number of hydrogen-bond donors (Lipinski definition) is 2. The predicted octanol–water partition coefficient (Wildman–Crippen LogP) is 1.77. The Morgan fingerprint density at radius 1 is 1.36 bits per heavy atom. The molecule has 0 saturated heterocycles. The van der Waals surface area contributed by atoms with E-state index in [-0.39, 0.29) is 10.9 Å². The Morgan fingerprint density at radius 2 is 2.14 bits per heavy atom. The third-order valence-electron chi connectivity index (χ3n) is 1.92. The highest BCUT2D eigenvalue weighted by atomic mass is 16.8. The van der Waals surface area contributed by atoms with Gasteiger partial charge in [0.05, 0.1) is 11.9 Å². The van der Waals surface area contributed by atoms with Gasteiger partial charge < -0.3 is 10.4 Å². The largest absolute Gasteiger partial charge is 0.733 e. The van der Waals surface area contributed by atoms with E-state index in [1.165, 1.54) is 6.07 Å². The van der Waals surface area contributed by atoms with E-state index in [1.54, 1.807) is 30.6 Å². The van der Waals surface area contributed by atoms with Gasteiger partial charge in [0.2, 0.25) is 0 Å². The number of aromatic nitrogens is 2. The minimum Gasteiger partial charge on any atom is -0.733 e. The predicted molar refractivity (Wildman–Crippen MR) is 51.7 cm³/mol. The van der Waals surface area contributed by atoms with Crippen molar-refractivity contribution in [2.24, 2.45) is 0 Å². The molecule has 0 aliphatic heterocycles. The first-order chi connectivity index (χ1) is 6.79. The van der Waals surface area contributed by atoms with E-state index in [0.717, 1.165) is 5.56 Å². The second-order valence-electron chi connectivity index (χ2n) is 2.78. The summed E-state index contributed by atoms with van der Waals surface area (Å²) in [5.74, 6) is 0. The van der Waals surface area contributed by atoms with E-state index in [2.05, 4.69) is 10.2 Å². The average Bonchev–Trinajstić information content (AvgIpc) is 2.70. The fourth-order valence-corrected chi connectivity index (χ4v) is 1.28. The lowest BCUT2D eigenvalue weighted by atomic mass is 10.1. The smallest absolute Gasteiger partial charge is 0.0588 e. The van der Waals surface area contributed by atoms with Crippen molar-refractivity contribution in [1.29, 1.82) is 0 Å². The van der Waals surface area contributed by atoms with Gasteiger partial charge in [0.15, 0.2) is 0 Å². The Balaban J connectivity index is 2.53. The molecule has 0 saturated carbocycles. The van der Waals surface area contributed by atoms with Crippen molar-refractivity contribution in [1.82, 2.24) is 10.2 Å². The highest BCUT2D eigenvalue weighted by Crippen LogP contribution is 2.28. The second-order valence-corrected chi connectivity index (χ2v) is 2.78.